The Morgan fingerprint density at radius 2 is 1.88 bits per heavy atom. The van der Waals surface area contributed by atoms with Gasteiger partial charge in [0.2, 0.25) is 0 Å². The maximum Gasteiger partial charge on any atom is 0.415 e. The van der Waals surface area contributed by atoms with E-state index in [9.17, 15) is 13.2 Å². The minimum atomic E-state index is -4.52. The number of likely N-dealkylation sites (N-methyl/N-ethyl adjacent to an activating group) is 1. The molecule has 0 saturated carbocycles. The van der Waals surface area contributed by atoms with Crippen LogP contribution in [-0.4, -0.2) is 66.0 Å². The second-order valence-electron chi connectivity index (χ2n) is 5.03. The molecule has 1 fully saturated rings. The molecule has 0 aliphatic carbocycles. The number of piperazine rings is 1. The zero-order chi connectivity index (χ0) is 12.6. The van der Waals surface area contributed by atoms with E-state index in [0.717, 1.165) is 6.54 Å². The third kappa shape index (κ3) is 3.33. The number of nitrogens with zero attached hydrogens (tertiary/aromatic N) is 2. The topological polar surface area (TPSA) is 26.7 Å². The van der Waals surface area contributed by atoms with Crippen LogP contribution < -0.4 is 0 Å². The van der Waals surface area contributed by atoms with Gasteiger partial charge >= 0.3 is 6.18 Å². The van der Waals surface area contributed by atoms with E-state index in [0.29, 0.717) is 13.1 Å². The van der Waals surface area contributed by atoms with Crippen molar-refractivity contribution in [2.24, 2.45) is 0 Å². The number of aliphatic hydroxyl groups excluding tert-OH is 1. The maximum absolute atomic E-state index is 12.2. The van der Waals surface area contributed by atoms with E-state index in [-0.39, 0.29) is 12.1 Å². The van der Waals surface area contributed by atoms with Gasteiger partial charge in [0, 0.05) is 31.7 Å². The second-order valence-corrected chi connectivity index (χ2v) is 5.03. The Morgan fingerprint density at radius 3 is 2.31 bits per heavy atom. The van der Waals surface area contributed by atoms with Crippen molar-refractivity contribution in [2.45, 2.75) is 31.7 Å². The molecule has 0 bridgehead atoms. The van der Waals surface area contributed by atoms with Gasteiger partial charge in [-0.1, -0.05) is 0 Å². The molecule has 0 aromatic rings. The summed E-state index contributed by atoms with van der Waals surface area (Å²) >= 11 is 0. The fraction of sp³-hybridized carbons (Fsp3) is 1.00. The minimum absolute atomic E-state index is 0.149. The molecule has 1 atom stereocenters. The summed E-state index contributed by atoms with van der Waals surface area (Å²) in [6.07, 6.45) is -6.76. The molecular weight excluding hydrogens is 221 g/mol. The van der Waals surface area contributed by atoms with Crippen molar-refractivity contribution in [1.82, 2.24) is 9.80 Å². The van der Waals surface area contributed by atoms with Crippen molar-refractivity contribution in [3.63, 3.8) is 0 Å². The lowest BCUT2D eigenvalue weighted by atomic mass is 9.99. The van der Waals surface area contributed by atoms with Crippen LogP contribution in [0.1, 0.15) is 13.8 Å². The number of halogens is 3. The van der Waals surface area contributed by atoms with E-state index in [2.05, 4.69) is 4.90 Å². The highest BCUT2D eigenvalue weighted by atomic mass is 19.4. The van der Waals surface area contributed by atoms with Crippen molar-refractivity contribution in [2.75, 3.05) is 33.2 Å². The standard InChI is InChI=1S/C10H19F3N2O/c1-9(2)7-15(5-4-14(9)3)6-8(16)10(11,12)13/h8,16H,4-7H2,1-3H3. The van der Waals surface area contributed by atoms with E-state index >= 15 is 0 Å². The average molecular weight is 240 g/mol. The number of hydrogen-bond acceptors (Lipinski definition) is 3. The molecule has 1 heterocycles. The summed E-state index contributed by atoms with van der Waals surface area (Å²) in [5, 5.41) is 8.99. The molecule has 0 spiro atoms. The number of aliphatic hydroxyl groups is 1. The first-order valence-corrected chi connectivity index (χ1v) is 5.31. The van der Waals surface area contributed by atoms with Gasteiger partial charge in [0.25, 0.3) is 0 Å². The molecule has 0 aromatic carbocycles. The van der Waals surface area contributed by atoms with Gasteiger partial charge in [-0.2, -0.15) is 13.2 Å². The van der Waals surface area contributed by atoms with Crippen LogP contribution in [0.3, 0.4) is 0 Å². The summed E-state index contributed by atoms with van der Waals surface area (Å²) in [6, 6.07) is 0. The van der Waals surface area contributed by atoms with E-state index in [4.69, 9.17) is 5.11 Å². The van der Waals surface area contributed by atoms with Crippen molar-refractivity contribution in [1.29, 1.82) is 0 Å². The summed E-state index contributed by atoms with van der Waals surface area (Å²) in [5.74, 6) is 0. The van der Waals surface area contributed by atoms with Gasteiger partial charge < -0.3 is 5.11 Å². The van der Waals surface area contributed by atoms with Crippen LogP contribution >= 0.6 is 0 Å². The van der Waals surface area contributed by atoms with Gasteiger partial charge in [0.1, 0.15) is 0 Å². The van der Waals surface area contributed by atoms with E-state index in [1.165, 1.54) is 0 Å². The Morgan fingerprint density at radius 1 is 1.31 bits per heavy atom. The summed E-state index contributed by atoms with van der Waals surface area (Å²) in [5.41, 5.74) is -0.149. The van der Waals surface area contributed by atoms with Crippen LogP contribution in [0.5, 0.6) is 0 Å². The highest BCUT2D eigenvalue weighted by Gasteiger charge is 2.41. The molecular formula is C10H19F3N2O. The molecule has 1 aliphatic rings. The molecule has 1 rings (SSSR count). The smallest absolute Gasteiger partial charge is 0.382 e. The van der Waals surface area contributed by atoms with E-state index in [1.54, 1.807) is 4.90 Å². The Labute approximate surface area is 93.8 Å². The SMILES string of the molecule is CN1CCN(CC(O)C(F)(F)F)CC1(C)C. The highest BCUT2D eigenvalue weighted by Crippen LogP contribution is 2.23. The van der Waals surface area contributed by atoms with E-state index < -0.39 is 12.3 Å². The van der Waals surface area contributed by atoms with Gasteiger partial charge in [0.05, 0.1) is 0 Å². The molecule has 1 unspecified atom stereocenters. The minimum Gasteiger partial charge on any atom is -0.382 e. The van der Waals surface area contributed by atoms with Gasteiger partial charge in [0.15, 0.2) is 6.10 Å². The summed E-state index contributed by atoms with van der Waals surface area (Å²) < 4.78 is 36.6. The van der Waals surface area contributed by atoms with Crippen LogP contribution in [0.4, 0.5) is 13.2 Å². The first-order valence-electron chi connectivity index (χ1n) is 5.31. The van der Waals surface area contributed by atoms with Crippen molar-refractivity contribution < 1.29 is 18.3 Å². The third-order valence-corrected chi connectivity index (χ3v) is 3.20. The Kier molecular flexibility index (Phi) is 3.87. The van der Waals surface area contributed by atoms with Gasteiger partial charge in [-0.25, -0.2) is 0 Å². The summed E-state index contributed by atoms with van der Waals surface area (Å²) in [7, 11) is 1.96. The molecule has 0 radical (unpaired) electrons. The Bertz CT molecular complexity index is 243. The highest BCUT2D eigenvalue weighted by molar-refractivity contribution is 4.89. The van der Waals surface area contributed by atoms with Crippen LogP contribution in [0, 0.1) is 0 Å². The van der Waals surface area contributed by atoms with Gasteiger partial charge in [-0.3, -0.25) is 9.80 Å². The van der Waals surface area contributed by atoms with Crippen molar-refractivity contribution in [3.8, 4) is 0 Å². The lowest BCUT2D eigenvalue weighted by Gasteiger charge is -2.45. The quantitative estimate of drug-likeness (QED) is 0.778. The molecule has 1 N–H and O–H groups in total. The van der Waals surface area contributed by atoms with Crippen LogP contribution in [0.2, 0.25) is 0 Å². The fourth-order valence-electron chi connectivity index (χ4n) is 1.84. The number of rotatable bonds is 2. The Hall–Kier alpha value is -0.330. The molecule has 1 aliphatic heterocycles. The van der Waals surface area contributed by atoms with E-state index in [1.807, 2.05) is 20.9 Å². The van der Waals surface area contributed by atoms with Crippen molar-refractivity contribution in [3.05, 3.63) is 0 Å². The lowest BCUT2D eigenvalue weighted by molar-refractivity contribution is -0.210. The normalized spacial score (nSPS) is 25.7. The molecule has 3 nitrogen and oxygen atoms in total. The second kappa shape index (κ2) is 4.50. The zero-order valence-electron chi connectivity index (χ0n) is 9.88. The van der Waals surface area contributed by atoms with Crippen LogP contribution in [0.25, 0.3) is 0 Å². The Balaban J connectivity index is 2.52. The monoisotopic (exact) mass is 240 g/mol. The summed E-state index contributed by atoms with van der Waals surface area (Å²) in [6.45, 7) is 5.46. The average Bonchev–Trinajstić information content (AvgIpc) is 2.09. The fourth-order valence-corrected chi connectivity index (χ4v) is 1.84. The molecule has 0 amide bonds. The van der Waals surface area contributed by atoms with Crippen molar-refractivity contribution >= 4 is 0 Å². The largest absolute Gasteiger partial charge is 0.415 e. The molecule has 6 heteroatoms. The van der Waals surface area contributed by atoms with Gasteiger partial charge in [-0.05, 0) is 20.9 Å². The molecule has 1 saturated heterocycles. The predicted octanol–water partition coefficient (Wildman–Crippen LogP) is 0.936. The first-order chi connectivity index (χ1) is 7.13. The van der Waals surface area contributed by atoms with Crippen LogP contribution in [-0.2, 0) is 0 Å². The molecule has 0 aromatic heterocycles. The van der Waals surface area contributed by atoms with Gasteiger partial charge in [-0.15, -0.1) is 0 Å². The third-order valence-electron chi connectivity index (χ3n) is 3.20. The number of hydrogen-bond donors (Lipinski definition) is 1. The maximum atomic E-state index is 12.2. The zero-order valence-corrected chi connectivity index (χ0v) is 9.88. The predicted molar refractivity (Wildman–Crippen MR) is 55.2 cm³/mol. The number of β-amino-alcohol motifs (C(OH)–C–C–N with tert-alkyl or cyclic N) is 1. The number of alkyl halides is 3. The molecule has 16 heavy (non-hydrogen) atoms. The first kappa shape index (κ1) is 13.7. The lowest BCUT2D eigenvalue weighted by Crippen LogP contribution is -2.59. The summed E-state index contributed by atoms with van der Waals surface area (Å²) in [4.78, 5) is 3.78. The molecule has 96 valence electrons. The van der Waals surface area contributed by atoms with Crippen LogP contribution in [0.15, 0.2) is 0 Å².